The maximum absolute atomic E-state index is 13.3. The van der Waals surface area contributed by atoms with E-state index in [2.05, 4.69) is 10.2 Å². The Morgan fingerprint density at radius 2 is 1.26 bits per heavy atom. The Morgan fingerprint density at radius 3 is 1.81 bits per heavy atom. The molecule has 0 saturated heterocycles. The van der Waals surface area contributed by atoms with Crippen LogP contribution in [0.25, 0.3) is 11.5 Å². The Labute approximate surface area is 159 Å². The summed E-state index contributed by atoms with van der Waals surface area (Å²) >= 11 is 1.34. The van der Waals surface area contributed by atoms with Crippen LogP contribution in [0.3, 0.4) is 0 Å². The van der Waals surface area contributed by atoms with Crippen molar-refractivity contribution in [2.24, 2.45) is 0 Å². The van der Waals surface area contributed by atoms with Crippen LogP contribution >= 0.6 is 11.8 Å². The van der Waals surface area contributed by atoms with Crippen molar-refractivity contribution in [1.29, 1.82) is 0 Å². The fourth-order valence-electron chi connectivity index (χ4n) is 2.66. The lowest BCUT2D eigenvalue weighted by Crippen LogP contribution is -1.97. The summed E-state index contributed by atoms with van der Waals surface area (Å²) in [4.78, 5) is 0. The summed E-state index contributed by atoms with van der Waals surface area (Å²) in [6.07, 6.45) is 0. The standard InChI is InChI=1S/C21H14F2N2OS/c22-17-10-6-14(7-11-17)19(15-8-12-18(23)13-9-15)27-21-25-24-20(26-21)16-4-2-1-3-5-16/h1-13,19H. The molecule has 0 atom stereocenters. The van der Waals surface area contributed by atoms with Gasteiger partial charge in [-0.25, -0.2) is 8.78 Å². The van der Waals surface area contributed by atoms with E-state index in [0.717, 1.165) is 16.7 Å². The van der Waals surface area contributed by atoms with E-state index in [1.165, 1.54) is 36.0 Å². The highest BCUT2D eigenvalue weighted by Gasteiger charge is 2.20. The molecule has 1 heterocycles. The lowest BCUT2D eigenvalue weighted by molar-refractivity contribution is 0.465. The number of nitrogens with zero attached hydrogens (tertiary/aromatic N) is 2. The summed E-state index contributed by atoms with van der Waals surface area (Å²) in [5.74, 6) is -0.202. The zero-order valence-corrected chi connectivity index (χ0v) is 14.9. The Kier molecular flexibility index (Phi) is 4.98. The number of rotatable bonds is 5. The van der Waals surface area contributed by atoms with Crippen molar-refractivity contribution in [1.82, 2.24) is 10.2 Å². The lowest BCUT2D eigenvalue weighted by Gasteiger charge is -2.15. The molecule has 3 aromatic carbocycles. The minimum Gasteiger partial charge on any atom is -0.411 e. The van der Waals surface area contributed by atoms with E-state index >= 15 is 0 Å². The first-order valence-electron chi connectivity index (χ1n) is 8.25. The number of benzene rings is 3. The molecule has 0 aliphatic heterocycles. The largest absolute Gasteiger partial charge is 0.411 e. The normalized spacial score (nSPS) is 11.1. The Morgan fingerprint density at radius 1 is 0.704 bits per heavy atom. The molecule has 0 aliphatic carbocycles. The van der Waals surface area contributed by atoms with Crippen molar-refractivity contribution in [2.45, 2.75) is 10.5 Å². The van der Waals surface area contributed by atoms with Crippen LogP contribution in [0.1, 0.15) is 16.4 Å². The van der Waals surface area contributed by atoms with Gasteiger partial charge in [-0.2, -0.15) is 0 Å². The first kappa shape index (κ1) is 17.4. The van der Waals surface area contributed by atoms with Crippen LogP contribution in [0, 0.1) is 11.6 Å². The van der Waals surface area contributed by atoms with Crippen molar-refractivity contribution in [3.63, 3.8) is 0 Å². The van der Waals surface area contributed by atoms with Crippen LogP contribution in [0.2, 0.25) is 0 Å². The van der Waals surface area contributed by atoms with Crippen molar-refractivity contribution in [2.75, 3.05) is 0 Å². The summed E-state index contributed by atoms with van der Waals surface area (Å²) in [5, 5.41) is 8.36. The predicted molar refractivity (Wildman–Crippen MR) is 100 cm³/mol. The Bertz CT molecular complexity index is 973. The molecule has 0 unspecified atom stereocenters. The van der Waals surface area contributed by atoms with Gasteiger partial charge in [-0.05, 0) is 47.5 Å². The van der Waals surface area contributed by atoms with Crippen LogP contribution in [-0.2, 0) is 0 Å². The third-order valence-corrected chi connectivity index (χ3v) is 5.14. The monoisotopic (exact) mass is 380 g/mol. The van der Waals surface area contributed by atoms with E-state index in [1.54, 1.807) is 24.3 Å². The van der Waals surface area contributed by atoms with Gasteiger partial charge in [-0.15, -0.1) is 10.2 Å². The van der Waals surface area contributed by atoms with Gasteiger partial charge >= 0.3 is 0 Å². The molecule has 0 fully saturated rings. The van der Waals surface area contributed by atoms with Crippen LogP contribution in [0.5, 0.6) is 0 Å². The summed E-state index contributed by atoms with van der Waals surface area (Å²) in [6, 6.07) is 21.9. The van der Waals surface area contributed by atoms with E-state index < -0.39 is 0 Å². The molecule has 0 spiro atoms. The molecule has 4 aromatic rings. The summed E-state index contributed by atoms with van der Waals surface area (Å²) in [7, 11) is 0. The number of hydrogen-bond acceptors (Lipinski definition) is 4. The average Bonchev–Trinajstić information content (AvgIpc) is 3.17. The molecule has 6 heteroatoms. The SMILES string of the molecule is Fc1ccc(C(Sc2nnc(-c3ccccc3)o2)c2ccc(F)cc2)cc1. The van der Waals surface area contributed by atoms with Gasteiger partial charge in [0.1, 0.15) is 11.6 Å². The van der Waals surface area contributed by atoms with Gasteiger partial charge < -0.3 is 4.42 Å². The molecule has 1 aromatic heterocycles. The predicted octanol–water partition coefficient (Wildman–Crippen LogP) is 5.90. The van der Waals surface area contributed by atoms with Gasteiger partial charge in [0.2, 0.25) is 5.89 Å². The molecule has 0 saturated carbocycles. The zero-order valence-electron chi connectivity index (χ0n) is 14.0. The highest BCUT2D eigenvalue weighted by Crippen LogP contribution is 2.40. The van der Waals surface area contributed by atoms with Crippen LogP contribution < -0.4 is 0 Å². The van der Waals surface area contributed by atoms with Crippen molar-refractivity contribution >= 4 is 11.8 Å². The topological polar surface area (TPSA) is 38.9 Å². The van der Waals surface area contributed by atoms with E-state index in [4.69, 9.17) is 4.42 Å². The molecular weight excluding hydrogens is 366 g/mol. The number of aromatic nitrogens is 2. The Hall–Kier alpha value is -2.99. The number of hydrogen-bond donors (Lipinski definition) is 0. The second kappa shape index (κ2) is 7.72. The molecule has 0 N–H and O–H groups in total. The quantitative estimate of drug-likeness (QED) is 0.404. The minimum atomic E-state index is -0.314. The van der Waals surface area contributed by atoms with Gasteiger partial charge in [0.25, 0.3) is 5.22 Å². The fraction of sp³-hybridized carbons (Fsp3) is 0.0476. The van der Waals surface area contributed by atoms with E-state index in [9.17, 15) is 8.78 Å². The smallest absolute Gasteiger partial charge is 0.277 e. The van der Waals surface area contributed by atoms with Gasteiger partial charge in [0.15, 0.2) is 0 Å². The molecule has 0 aliphatic rings. The molecule has 4 rings (SSSR count). The second-order valence-corrected chi connectivity index (χ2v) is 6.90. The summed E-state index contributed by atoms with van der Waals surface area (Å²) in [6.45, 7) is 0. The summed E-state index contributed by atoms with van der Waals surface area (Å²) < 4.78 is 32.4. The van der Waals surface area contributed by atoms with E-state index in [-0.39, 0.29) is 16.9 Å². The van der Waals surface area contributed by atoms with Gasteiger partial charge in [-0.1, -0.05) is 54.2 Å². The molecule has 0 bridgehead atoms. The minimum absolute atomic E-state index is 0.240. The molecule has 3 nitrogen and oxygen atoms in total. The highest BCUT2D eigenvalue weighted by atomic mass is 32.2. The van der Waals surface area contributed by atoms with E-state index in [1.807, 2.05) is 30.3 Å². The second-order valence-electron chi connectivity index (χ2n) is 5.84. The van der Waals surface area contributed by atoms with Crippen LogP contribution in [0.4, 0.5) is 8.78 Å². The molecule has 0 radical (unpaired) electrons. The average molecular weight is 380 g/mol. The fourth-order valence-corrected chi connectivity index (χ4v) is 3.66. The van der Waals surface area contributed by atoms with Gasteiger partial charge in [-0.3, -0.25) is 0 Å². The van der Waals surface area contributed by atoms with Crippen molar-refractivity contribution in [3.05, 3.63) is 102 Å². The van der Waals surface area contributed by atoms with Crippen LogP contribution in [0.15, 0.2) is 88.5 Å². The third kappa shape index (κ3) is 4.06. The Balaban J connectivity index is 1.66. The molecule has 0 amide bonds. The molecular formula is C21H14F2N2OS. The summed E-state index contributed by atoms with van der Waals surface area (Å²) in [5.41, 5.74) is 2.54. The number of halogens is 2. The zero-order chi connectivity index (χ0) is 18.6. The first-order valence-corrected chi connectivity index (χ1v) is 9.13. The van der Waals surface area contributed by atoms with Gasteiger partial charge in [0.05, 0.1) is 5.25 Å². The maximum Gasteiger partial charge on any atom is 0.277 e. The van der Waals surface area contributed by atoms with Crippen LogP contribution in [-0.4, -0.2) is 10.2 Å². The van der Waals surface area contributed by atoms with Crippen molar-refractivity contribution < 1.29 is 13.2 Å². The van der Waals surface area contributed by atoms with E-state index in [0.29, 0.717) is 11.1 Å². The number of thioether (sulfide) groups is 1. The molecule has 134 valence electrons. The molecule has 27 heavy (non-hydrogen) atoms. The van der Waals surface area contributed by atoms with Gasteiger partial charge in [0, 0.05) is 5.56 Å². The highest BCUT2D eigenvalue weighted by molar-refractivity contribution is 7.99. The lowest BCUT2D eigenvalue weighted by atomic mass is 10.0. The first-order chi connectivity index (χ1) is 13.2. The maximum atomic E-state index is 13.3. The van der Waals surface area contributed by atoms with Crippen molar-refractivity contribution in [3.8, 4) is 11.5 Å². The third-order valence-electron chi connectivity index (χ3n) is 3.99.